The largest absolute Gasteiger partial charge is 0.381 e. The first-order chi connectivity index (χ1) is 11.2. The highest BCUT2D eigenvalue weighted by atomic mass is 16.5. The van der Waals surface area contributed by atoms with E-state index in [0.29, 0.717) is 31.7 Å². The van der Waals surface area contributed by atoms with Gasteiger partial charge >= 0.3 is 0 Å². The van der Waals surface area contributed by atoms with E-state index in [1.165, 1.54) is 5.56 Å². The Morgan fingerprint density at radius 3 is 2.39 bits per heavy atom. The van der Waals surface area contributed by atoms with E-state index in [1.807, 2.05) is 0 Å². The van der Waals surface area contributed by atoms with Crippen LogP contribution in [0.4, 0.5) is 0 Å². The highest BCUT2D eigenvalue weighted by Crippen LogP contribution is 2.34. The van der Waals surface area contributed by atoms with Crippen molar-refractivity contribution in [1.82, 2.24) is 5.32 Å². The first-order valence-electron chi connectivity index (χ1n) is 8.87. The second kappa shape index (κ2) is 7.45. The van der Waals surface area contributed by atoms with Crippen molar-refractivity contribution in [3.05, 3.63) is 35.9 Å². The Morgan fingerprint density at radius 2 is 1.78 bits per heavy atom. The number of nitrogens with two attached hydrogens (primary N) is 1. The maximum Gasteiger partial charge on any atom is 0.227 e. The molecule has 0 atom stereocenters. The summed E-state index contributed by atoms with van der Waals surface area (Å²) in [6.45, 7) is 1.71. The quantitative estimate of drug-likeness (QED) is 0.897. The molecule has 1 saturated carbocycles. The standard InChI is InChI=1S/C19H28N2O2/c20-14-19(10-12-23-13-11-19)18(22)21-17-8-6-16(7-9-17)15-4-2-1-3-5-15/h1-5,16-17H,6-14,20H2,(H,21,22). The number of ether oxygens (including phenoxy) is 1. The van der Waals surface area contributed by atoms with Crippen LogP contribution in [-0.2, 0) is 9.53 Å². The van der Waals surface area contributed by atoms with Crippen LogP contribution in [0.25, 0.3) is 0 Å². The maximum atomic E-state index is 12.7. The van der Waals surface area contributed by atoms with Crippen LogP contribution in [-0.4, -0.2) is 31.7 Å². The Labute approximate surface area is 138 Å². The number of hydrogen-bond donors (Lipinski definition) is 2. The lowest BCUT2D eigenvalue weighted by Gasteiger charge is -2.37. The number of amides is 1. The zero-order chi connectivity index (χ0) is 16.1. The Morgan fingerprint density at radius 1 is 1.13 bits per heavy atom. The van der Waals surface area contributed by atoms with Crippen LogP contribution < -0.4 is 11.1 Å². The summed E-state index contributed by atoms with van der Waals surface area (Å²) in [7, 11) is 0. The van der Waals surface area contributed by atoms with Crippen LogP contribution in [0.15, 0.2) is 30.3 Å². The summed E-state index contributed by atoms with van der Waals surface area (Å²) in [5.74, 6) is 0.780. The monoisotopic (exact) mass is 316 g/mol. The molecule has 4 heteroatoms. The van der Waals surface area contributed by atoms with Crippen molar-refractivity contribution in [1.29, 1.82) is 0 Å². The molecule has 1 aromatic rings. The van der Waals surface area contributed by atoms with Crippen molar-refractivity contribution < 1.29 is 9.53 Å². The second-order valence-corrected chi connectivity index (χ2v) is 7.03. The summed E-state index contributed by atoms with van der Waals surface area (Å²) in [6, 6.07) is 11.0. The number of carbonyl (C=O) groups is 1. The van der Waals surface area contributed by atoms with Crippen molar-refractivity contribution in [2.75, 3.05) is 19.8 Å². The molecule has 4 nitrogen and oxygen atoms in total. The number of rotatable bonds is 4. The zero-order valence-electron chi connectivity index (χ0n) is 13.8. The molecule has 126 valence electrons. The van der Waals surface area contributed by atoms with Crippen molar-refractivity contribution in [3.8, 4) is 0 Å². The van der Waals surface area contributed by atoms with Gasteiger partial charge in [-0.05, 0) is 50.0 Å². The van der Waals surface area contributed by atoms with Gasteiger partial charge < -0.3 is 15.8 Å². The molecule has 1 heterocycles. The third kappa shape index (κ3) is 3.75. The predicted molar refractivity (Wildman–Crippen MR) is 91.1 cm³/mol. The minimum Gasteiger partial charge on any atom is -0.381 e. The van der Waals surface area contributed by atoms with Crippen LogP contribution in [0.3, 0.4) is 0 Å². The highest BCUT2D eigenvalue weighted by Gasteiger charge is 2.39. The van der Waals surface area contributed by atoms with Gasteiger partial charge in [0, 0.05) is 25.8 Å². The highest BCUT2D eigenvalue weighted by molar-refractivity contribution is 5.83. The van der Waals surface area contributed by atoms with Gasteiger partial charge in [0.2, 0.25) is 5.91 Å². The van der Waals surface area contributed by atoms with E-state index in [9.17, 15) is 4.79 Å². The summed E-state index contributed by atoms with van der Waals surface area (Å²) in [5.41, 5.74) is 6.95. The van der Waals surface area contributed by atoms with E-state index in [0.717, 1.165) is 38.5 Å². The number of benzene rings is 1. The third-order valence-corrected chi connectivity index (χ3v) is 5.66. The fourth-order valence-corrected chi connectivity index (χ4v) is 3.92. The first-order valence-corrected chi connectivity index (χ1v) is 8.87. The third-order valence-electron chi connectivity index (χ3n) is 5.66. The molecule has 0 aromatic heterocycles. The number of hydrogen-bond acceptors (Lipinski definition) is 3. The lowest BCUT2D eigenvalue weighted by molar-refractivity contribution is -0.136. The molecule has 1 aromatic carbocycles. The molecule has 0 radical (unpaired) electrons. The van der Waals surface area contributed by atoms with Crippen LogP contribution in [0.1, 0.15) is 50.0 Å². The van der Waals surface area contributed by atoms with E-state index in [2.05, 4.69) is 35.6 Å². The molecule has 2 fully saturated rings. The fraction of sp³-hybridized carbons (Fsp3) is 0.632. The summed E-state index contributed by atoms with van der Waals surface area (Å²) in [4.78, 5) is 12.7. The van der Waals surface area contributed by atoms with Gasteiger partial charge in [0.1, 0.15) is 0 Å². The lowest BCUT2D eigenvalue weighted by atomic mass is 9.78. The first kappa shape index (κ1) is 16.5. The lowest BCUT2D eigenvalue weighted by Crippen LogP contribution is -2.52. The molecule has 0 bridgehead atoms. The minimum absolute atomic E-state index is 0.145. The van der Waals surface area contributed by atoms with E-state index in [1.54, 1.807) is 0 Å². The molecule has 0 unspecified atom stereocenters. The Kier molecular flexibility index (Phi) is 5.34. The topological polar surface area (TPSA) is 64.4 Å². The van der Waals surface area contributed by atoms with Crippen molar-refractivity contribution in [2.24, 2.45) is 11.1 Å². The van der Waals surface area contributed by atoms with Crippen LogP contribution in [0.5, 0.6) is 0 Å². The summed E-state index contributed by atoms with van der Waals surface area (Å²) in [5, 5.41) is 3.28. The van der Waals surface area contributed by atoms with Gasteiger partial charge in [0.05, 0.1) is 5.41 Å². The van der Waals surface area contributed by atoms with Gasteiger partial charge in [0.15, 0.2) is 0 Å². The Hall–Kier alpha value is -1.39. The summed E-state index contributed by atoms with van der Waals surface area (Å²) < 4.78 is 5.39. The summed E-state index contributed by atoms with van der Waals surface area (Å²) >= 11 is 0. The smallest absolute Gasteiger partial charge is 0.227 e. The molecule has 1 amide bonds. The Bertz CT molecular complexity index is 503. The average molecular weight is 316 g/mol. The molecular weight excluding hydrogens is 288 g/mol. The molecule has 1 saturated heterocycles. The predicted octanol–water partition coefficient (Wildman–Crippen LogP) is 2.58. The normalized spacial score (nSPS) is 27.3. The molecular formula is C19H28N2O2. The second-order valence-electron chi connectivity index (χ2n) is 7.03. The Balaban J connectivity index is 1.53. The molecule has 1 aliphatic heterocycles. The molecule has 2 aliphatic rings. The van der Waals surface area contributed by atoms with E-state index in [-0.39, 0.29) is 5.91 Å². The molecule has 0 spiro atoms. The van der Waals surface area contributed by atoms with Crippen LogP contribution >= 0.6 is 0 Å². The average Bonchev–Trinajstić information content (AvgIpc) is 2.63. The van der Waals surface area contributed by atoms with E-state index >= 15 is 0 Å². The maximum absolute atomic E-state index is 12.7. The molecule has 23 heavy (non-hydrogen) atoms. The zero-order valence-corrected chi connectivity index (χ0v) is 13.8. The fourth-order valence-electron chi connectivity index (χ4n) is 3.92. The van der Waals surface area contributed by atoms with Crippen molar-refractivity contribution in [3.63, 3.8) is 0 Å². The van der Waals surface area contributed by atoms with Gasteiger partial charge in [-0.3, -0.25) is 4.79 Å². The van der Waals surface area contributed by atoms with Gasteiger partial charge in [-0.15, -0.1) is 0 Å². The van der Waals surface area contributed by atoms with E-state index < -0.39 is 5.41 Å². The van der Waals surface area contributed by atoms with Crippen LogP contribution in [0, 0.1) is 5.41 Å². The van der Waals surface area contributed by atoms with Gasteiger partial charge in [-0.1, -0.05) is 30.3 Å². The molecule has 1 aliphatic carbocycles. The number of carbonyl (C=O) groups excluding carboxylic acids is 1. The number of nitrogens with one attached hydrogen (secondary N) is 1. The minimum atomic E-state index is -0.408. The van der Waals surface area contributed by atoms with Gasteiger partial charge in [-0.25, -0.2) is 0 Å². The van der Waals surface area contributed by atoms with Gasteiger partial charge in [0.25, 0.3) is 0 Å². The van der Waals surface area contributed by atoms with E-state index in [4.69, 9.17) is 10.5 Å². The summed E-state index contributed by atoms with van der Waals surface area (Å²) in [6.07, 6.45) is 5.90. The van der Waals surface area contributed by atoms with Crippen LogP contribution in [0.2, 0.25) is 0 Å². The molecule has 3 N–H and O–H groups in total. The van der Waals surface area contributed by atoms with Crippen molar-refractivity contribution in [2.45, 2.75) is 50.5 Å². The van der Waals surface area contributed by atoms with Crippen molar-refractivity contribution >= 4 is 5.91 Å². The SMILES string of the molecule is NCC1(C(=O)NC2CCC(c3ccccc3)CC2)CCOCC1. The van der Waals surface area contributed by atoms with Gasteiger partial charge in [-0.2, -0.15) is 0 Å². The molecule has 3 rings (SSSR count).